The van der Waals surface area contributed by atoms with Crippen LogP contribution in [0.3, 0.4) is 0 Å². The third kappa shape index (κ3) is 2.94. The molecular formula is C21H34N2O3. The van der Waals surface area contributed by atoms with Crippen LogP contribution in [0.1, 0.15) is 52.4 Å². The zero-order chi connectivity index (χ0) is 18.8. The average Bonchev–Trinajstić information content (AvgIpc) is 3.26. The van der Waals surface area contributed by atoms with E-state index in [1.54, 1.807) is 14.2 Å². The monoisotopic (exact) mass is 362 g/mol. The first-order valence-corrected chi connectivity index (χ1v) is 10.1. The van der Waals surface area contributed by atoms with E-state index in [2.05, 4.69) is 36.2 Å². The molecule has 5 nitrogen and oxygen atoms in total. The van der Waals surface area contributed by atoms with Gasteiger partial charge in [0.2, 0.25) is 5.91 Å². The lowest BCUT2D eigenvalue weighted by Gasteiger charge is -2.42. The summed E-state index contributed by atoms with van der Waals surface area (Å²) in [6, 6.07) is 0.318. The van der Waals surface area contributed by atoms with Gasteiger partial charge in [-0.2, -0.15) is 0 Å². The van der Waals surface area contributed by atoms with Crippen LogP contribution in [-0.2, 0) is 14.3 Å². The van der Waals surface area contributed by atoms with Gasteiger partial charge in [-0.05, 0) is 44.4 Å². The second kappa shape index (κ2) is 7.63. The van der Waals surface area contributed by atoms with Gasteiger partial charge in [-0.1, -0.05) is 26.7 Å². The summed E-state index contributed by atoms with van der Waals surface area (Å²) in [7, 11) is 3.46. The van der Waals surface area contributed by atoms with Gasteiger partial charge in [0, 0.05) is 19.1 Å². The average molecular weight is 363 g/mol. The van der Waals surface area contributed by atoms with Gasteiger partial charge in [-0.3, -0.25) is 4.79 Å². The van der Waals surface area contributed by atoms with Gasteiger partial charge in [-0.25, -0.2) is 0 Å². The van der Waals surface area contributed by atoms with Crippen molar-refractivity contribution in [1.82, 2.24) is 10.2 Å². The summed E-state index contributed by atoms with van der Waals surface area (Å²) in [5.41, 5.74) is -0.842. The summed E-state index contributed by atoms with van der Waals surface area (Å²) in [4.78, 5) is 15.5. The van der Waals surface area contributed by atoms with Gasteiger partial charge in [-0.15, -0.1) is 0 Å². The maximum atomic E-state index is 13.4. The molecule has 146 valence electrons. The number of carbonyl (C=O) groups is 1. The largest absolute Gasteiger partial charge is 0.500 e. The van der Waals surface area contributed by atoms with E-state index in [0.717, 1.165) is 69.7 Å². The summed E-state index contributed by atoms with van der Waals surface area (Å²) in [5, 5.41) is 3.37. The van der Waals surface area contributed by atoms with E-state index < -0.39 is 5.41 Å². The minimum Gasteiger partial charge on any atom is -0.500 e. The summed E-state index contributed by atoms with van der Waals surface area (Å²) < 4.78 is 11.8. The maximum absolute atomic E-state index is 13.4. The van der Waals surface area contributed by atoms with E-state index in [1.807, 2.05) is 0 Å². The van der Waals surface area contributed by atoms with Crippen LogP contribution in [0.25, 0.3) is 0 Å². The maximum Gasteiger partial charge on any atom is 0.237 e. The normalized spacial score (nSPS) is 26.8. The highest BCUT2D eigenvalue weighted by atomic mass is 16.5. The molecule has 1 atom stereocenters. The molecule has 3 rings (SSSR count). The van der Waals surface area contributed by atoms with Crippen molar-refractivity contribution in [2.24, 2.45) is 10.8 Å². The molecule has 26 heavy (non-hydrogen) atoms. The molecule has 0 radical (unpaired) electrons. The van der Waals surface area contributed by atoms with Crippen molar-refractivity contribution in [3.8, 4) is 0 Å². The molecular weight excluding hydrogens is 328 g/mol. The number of nitrogens with zero attached hydrogens (tertiary/aromatic N) is 1. The summed E-state index contributed by atoms with van der Waals surface area (Å²) in [5.74, 6) is 2.04. The Labute approximate surface area is 157 Å². The summed E-state index contributed by atoms with van der Waals surface area (Å²) >= 11 is 0. The SMILES string of the molecule is CCCC1(CCC)C(OC)=CC2(C=C1OC)CCN(C1CCNC1)C2=O. The Morgan fingerprint density at radius 1 is 1.15 bits per heavy atom. The van der Waals surface area contributed by atoms with E-state index in [9.17, 15) is 4.79 Å². The molecule has 0 aromatic heterocycles. The number of nitrogens with one attached hydrogen (secondary N) is 1. The summed E-state index contributed by atoms with van der Waals surface area (Å²) in [6.45, 7) is 7.09. The Bertz CT molecular complexity index is 560. The molecule has 5 heteroatoms. The highest BCUT2D eigenvalue weighted by Crippen LogP contribution is 2.53. The van der Waals surface area contributed by atoms with Crippen LogP contribution in [0.15, 0.2) is 23.7 Å². The quantitative estimate of drug-likeness (QED) is 0.755. The van der Waals surface area contributed by atoms with E-state index in [0.29, 0.717) is 6.04 Å². The zero-order valence-electron chi connectivity index (χ0n) is 16.8. The van der Waals surface area contributed by atoms with Gasteiger partial charge in [0.25, 0.3) is 0 Å². The fraction of sp³-hybridized carbons (Fsp3) is 0.762. The molecule has 2 saturated heterocycles. The Morgan fingerprint density at radius 3 is 2.23 bits per heavy atom. The smallest absolute Gasteiger partial charge is 0.237 e. The third-order valence-corrected chi connectivity index (χ3v) is 6.41. The topological polar surface area (TPSA) is 50.8 Å². The van der Waals surface area contributed by atoms with Crippen molar-refractivity contribution >= 4 is 5.91 Å². The number of hydrogen-bond acceptors (Lipinski definition) is 4. The molecule has 2 fully saturated rings. The van der Waals surface area contributed by atoms with Crippen molar-refractivity contribution in [2.75, 3.05) is 33.9 Å². The van der Waals surface area contributed by atoms with E-state index in [-0.39, 0.29) is 11.3 Å². The van der Waals surface area contributed by atoms with Gasteiger partial charge >= 0.3 is 0 Å². The molecule has 1 N–H and O–H groups in total. The summed E-state index contributed by atoms with van der Waals surface area (Å²) in [6.07, 6.45) is 10.1. The van der Waals surface area contributed by atoms with Crippen molar-refractivity contribution in [3.05, 3.63) is 23.7 Å². The fourth-order valence-electron chi connectivity index (χ4n) is 5.19. The third-order valence-electron chi connectivity index (χ3n) is 6.41. The first kappa shape index (κ1) is 19.3. The van der Waals surface area contributed by atoms with Crippen LogP contribution < -0.4 is 5.32 Å². The molecule has 2 heterocycles. The number of likely N-dealkylation sites (tertiary alicyclic amines) is 1. The lowest BCUT2D eigenvalue weighted by Crippen LogP contribution is -2.43. The highest BCUT2D eigenvalue weighted by molar-refractivity contribution is 5.90. The number of ether oxygens (including phenoxy) is 2. The van der Waals surface area contributed by atoms with Gasteiger partial charge < -0.3 is 19.7 Å². The Kier molecular flexibility index (Phi) is 5.66. The minimum absolute atomic E-state index is 0.205. The minimum atomic E-state index is -0.607. The highest BCUT2D eigenvalue weighted by Gasteiger charge is 2.53. The number of hydrogen-bond donors (Lipinski definition) is 1. The standard InChI is InChI=1S/C21H34N2O3/c1-5-8-21(9-6-2)17(25-3)13-20(14-18(21)26-4)10-12-23(19(20)24)16-7-11-22-15-16/h13-14,16,22H,5-12,15H2,1-4H3. The molecule has 0 aromatic rings. The number of methoxy groups -OCH3 is 2. The lowest BCUT2D eigenvalue weighted by atomic mass is 9.67. The molecule has 1 spiro atoms. The van der Waals surface area contributed by atoms with E-state index in [1.165, 1.54) is 0 Å². The first-order valence-electron chi connectivity index (χ1n) is 10.1. The molecule has 1 aliphatic carbocycles. The first-order chi connectivity index (χ1) is 12.6. The molecule has 3 aliphatic rings. The zero-order valence-corrected chi connectivity index (χ0v) is 16.8. The molecule has 0 bridgehead atoms. The number of carbonyl (C=O) groups excluding carboxylic acids is 1. The van der Waals surface area contributed by atoms with Crippen LogP contribution in [-0.4, -0.2) is 50.7 Å². The van der Waals surface area contributed by atoms with Crippen molar-refractivity contribution < 1.29 is 14.3 Å². The fourth-order valence-corrected chi connectivity index (χ4v) is 5.19. The van der Waals surface area contributed by atoms with E-state index >= 15 is 0 Å². The van der Waals surface area contributed by atoms with Crippen LogP contribution in [0, 0.1) is 10.8 Å². The van der Waals surface area contributed by atoms with Gasteiger partial charge in [0.1, 0.15) is 11.5 Å². The molecule has 0 saturated carbocycles. The van der Waals surface area contributed by atoms with Crippen LogP contribution in [0.4, 0.5) is 0 Å². The van der Waals surface area contributed by atoms with Crippen LogP contribution in [0.5, 0.6) is 0 Å². The molecule has 0 aromatic carbocycles. The second-order valence-corrected chi connectivity index (χ2v) is 7.94. The lowest BCUT2D eigenvalue weighted by molar-refractivity contribution is -0.134. The van der Waals surface area contributed by atoms with E-state index in [4.69, 9.17) is 9.47 Å². The Balaban J connectivity index is 1.99. The van der Waals surface area contributed by atoms with Crippen LogP contribution in [0.2, 0.25) is 0 Å². The van der Waals surface area contributed by atoms with Gasteiger partial charge in [0.15, 0.2) is 0 Å². The molecule has 1 amide bonds. The van der Waals surface area contributed by atoms with Crippen molar-refractivity contribution in [2.45, 2.75) is 58.4 Å². The predicted molar refractivity (Wildman–Crippen MR) is 102 cm³/mol. The Morgan fingerprint density at radius 2 is 1.77 bits per heavy atom. The number of rotatable bonds is 7. The number of amides is 1. The van der Waals surface area contributed by atoms with Crippen LogP contribution >= 0.6 is 0 Å². The molecule has 1 unspecified atom stereocenters. The van der Waals surface area contributed by atoms with Crippen molar-refractivity contribution in [1.29, 1.82) is 0 Å². The Hall–Kier alpha value is -1.49. The van der Waals surface area contributed by atoms with Crippen molar-refractivity contribution in [3.63, 3.8) is 0 Å². The second-order valence-electron chi connectivity index (χ2n) is 7.94. The van der Waals surface area contributed by atoms with Gasteiger partial charge in [0.05, 0.1) is 25.0 Å². The predicted octanol–water partition coefficient (Wildman–Crippen LogP) is 3.23. The molecule has 2 aliphatic heterocycles.